The molecule has 3 heterocycles. The molecule has 0 spiro atoms. The maximum absolute atomic E-state index is 6.21. The van der Waals surface area contributed by atoms with Gasteiger partial charge in [0.2, 0.25) is 0 Å². The number of aromatic nitrogens is 4. The standard InChI is InChI=1S/C13H18ClN5/c1-3-4-10-5-6-18(7-10)12-9(2)11(14)17-13-15-8-16-19(12)13/h8,10H,3-7H2,1-2H3. The number of rotatable bonds is 3. The van der Waals surface area contributed by atoms with Gasteiger partial charge in [-0.15, -0.1) is 0 Å². The predicted molar refractivity (Wildman–Crippen MR) is 75.8 cm³/mol. The van der Waals surface area contributed by atoms with Crippen molar-refractivity contribution in [3.8, 4) is 0 Å². The van der Waals surface area contributed by atoms with Gasteiger partial charge in [0.1, 0.15) is 17.3 Å². The van der Waals surface area contributed by atoms with Gasteiger partial charge < -0.3 is 4.90 Å². The lowest BCUT2D eigenvalue weighted by molar-refractivity contribution is 0.529. The van der Waals surface area contributed by atoms with E-state index in [1.54, 1.807) is 4.52 Å². The molecule has 0 amide bonds. The first kappa shape index (κ1) is 12.7. The Hall–Kier alpha value is -1.36. The van der Waals surface area contributed by atoms with Crippen LogP contribution in [0.15, 0.2) is 6.33 Å². The number of fused-ring (bicyclic) bond motifs is 1. The summed E-state index contributed by atoms with van der Waals surface area (Å²) in [7, 11) is 0. The van der Waals surface area contributed by atoms with Crippen LogP contribution < -0.4 is 4.90 Å². The second-order valence-electron chi connectivity index (χ2n) is 5.21. The van der Waals surface area contributed by atoms with Gasteiger partial charge in [-0.3, -0.25) is 0 Å². The highest BCUT2D eigenvalue weighted by Gasteiger charge is 2.26. The summed E-state index contributed by atoms with van der Waals surface area (Å²) in [6, 6.07) is 0. The second kappa shape index (κ2) is 4.96. The molecule has 0 radical (unpaired) electrons. The highest BCUT2D eigenvalue weighted by molar-refractivity contribution is 6.30. The summed E-state index contributed by atoms with van der Waals surface area (Å²) in [4.78, 5) is 10.8. The molecule has 5 nitrogen and oxygen atoms in total. The van der Waals surface area contributed by atoms with Crippen LogP contribution in [-0.4, -0.2) is 32.7 Å². The topological polar surface area (TPSA) is 46.3 Å². The van der Waals surface area contributed by atoms with E-state index in [1.165, 1.54) is 25.6 Å². The van der Waals surface area contributed by atoms with Gasteiger partial charge in [0.15, 0.2) is 0 Å². The largest absolute Gasteiger partial charge is 0.356 e. The van der Waals surface area contributed by atoms with Gasteiger partial charge in [0, 0.05) is 18.7 Å². The summed E-state index contributed by atoms with van der Waals surface area (Å²) in [6.07, 6.45) is 5.30. The number of hydrogen-bond acceptors (Lipinski definition) is 4. The number of anilines is 1. The van der Waals surface area contributed by atoms with E-state index in [4.69, 9.17) is 11.6 Å². The third-order valence-electron chi connectivity index (χ3n) is 3.86. The van der Waals surface area contributed by atoms with Crippen LogP contribution in [0.2, 0.25) is 5.15 Å². The smallest absolute Gasteiger partial charge is 0.255 e. The van der Waals surface area contributed by atoms with Crippen molar-refractivity contribution in [1.82, 2.24) is 19.6 Å². The molecule has 0 aromatic carbocycles. The van der Waals surface area contributed by atoms with E-state index in [1.807, 2.05) is 6.92 Å². The normalized spacial score (nSPS) is 19.5. The molecule has 1 unspecified atom stereocenters. The zero-order chi connectivity index (χ0) is 13.4. The van der Waals surface area contributed by atoms with Crippen LogP contribution in [0.3, 0.4) is 0 Å². The fourth-order valence-electron chi connectivity index (χ4n) is 2.92. The summed E-state index contributed by atoms with van der Waals surface area (Å²) in [5, 5.41) is 4.80. The summed E-state index contributed by atoms with van der Waals surface area (Å²) in [5.74, 6) is 2.39. The predicted octanol–water partition coefficient (Wildman–Crippen LogP) is 2.71. The molecule has 19 heavy (non-hydrogen) atoms. The van der Waals surface area contributed by atoms with Crippen molar-refractivity contribution in [2.45, 2.75) is 33.1 Å². The van der Waals surface area contributed by atoms with Crippen LogP contribution in [0.1, 0.15) is 31.7 Å². The molecule has 102 valence electrons. The minimum absolute atomic E-state index is 0.523. The van der Waals surface area contributed by atoms with Crippen LogP contribution in [-0.2, 0) is 0 Å². The zero-order valence-electron chi connectivity index (χ0n) is 11.3. The van der Waals surface area contributed by atoms with Crippen LogP contribution in [0, 0.1) is 12.8 Å². The number of halogens is 1. The average molecular weight is 280 g/mol. The van der Waals surface area contributed by atoms with Crippen molar-refractivity contribution in [2.75, 3.05) is 18.0 Å². The first-order valence-electron chi connectivity index (χ1n) is 6.81. The minimum Gasteiger partial charge on any atom is -0.356 e. The van der Waals surface area contributed by atoms with Crippen molar-refractivity contribution in [3.05, 3.63) is 17.0 Å². The lowest BCUT2D eigenvalue weighted by Crippen LogP contribution is -2.24. The van der Waals surface area contributed by atoms with Crippen molar-refractivity contribution < 1.29 is 0 Å². The third-order valence-corrected chi connectivity index (χ3v) is 4.22. The van der Waals surface area contributed by atoms with Crippen LogP contribution in [0.4, 0.5) is 5.82 Å². The summed E-state index contributed by atoms with van der Waals surface area (Å²) < 4.78 is 1.80. The molecule has 0 saturated carbocycles. The minimum atomic E-state index is 0.523. The van der Waals surface area contributed by atoms with E-state index in [2.05, 4.69) is 26.9 Å². The quantitative estimate of drug-likeness (QED) is 0.811. The molecule has 0 N–H and O–H groups in total. The van der Waals surface area contributed by atoms with Crippen molar-refractivity contribution in [3.63, 3.8) is 0 Å². The molecule has 1 saturated heterocycles. The summed E-state index contributed by atoms with van der Waals surface area (Å²) >= 11 is 6.21. The number of hydrogen-bond donors (Lipinski definition) is 0. The molecule has 1 fully saturated rings. The highest BCUT2D eigenvalue weighted by Crippen LogP contribution is 2.31. The molecular weight excluding hydrogens is 262 g/mol. The lowest BCUT2D eigenvalue weighted by atomic mass is 10.0. The van der Waals surface area contributed by atoms with Gasteiger partial charge in [0.05, 0.1) is 0 Å². The van der Waals surface area contributed by atoms with E-state index in [9.17, 15) is 0 Å². The first-order valence-corrected chi connectivity index (χ1v) is 7.19. The Bertz CT molecular complexity index is 594. The summed E-state index contributed by atoms with van der Waals surface area (Å²) in [6.45, 7) is 6.37. The Morgan fingerprint density at radius 2 is 2.32 bits per heavy atom. The maximum Gasteiger partial charge on any atom is 0.255 e. The van der Waals surface area contributed by atoms with Gasteiger partial charge in [-0.2, -0.15) is 19.6 Å². The molecule has 1 aliphatic heterocycles. The fraction of sp³-hybridized carbons (Fsp3) is 0.615. The Morgan fingerprint density at radius 1 is 1.47 bits per heavy atom. The first-order chi connectivity index (χ1) is 9.20. The number of nitrogens with zero attached hydrogens (tertiary/aromatic N) is 5. The molecular formula is C13H18ClN5. The fourth-order valence-corrected chi connectivity index (χ4v) is 3.08. The van der Waals surface area contributed by atoms with E-state index in [0.29, 0.717) is 10.9 Å². The monoisotopic (exact) mass is 279 g/mol. The van der Waals surface area contributed by atoms with Crippen LogP contribution >= 0.6 is 11.6 Å². The Labute approximate surface area is 117 Å². The Morgan fingerprint density at radius 3 is 3.11 bits per heavy atom. The summed E-state index contributed by atoms with van der Waals surface area (Å²) in [5.41, 5.74) is 0.983. The molecule has 3 rings (SSSR count). The van der Waals surface area contributed by atoms with E-state index < -0.39 is 0 Å². The van der Waals surface area contributed by atoms with Crippen molar-refractivity contribution in [2.24, 2.45) is 5.92 Å². The molecule has 2 aromatic heterocycles. The second-order valence-corrected chi connectivity index (χ2v) is 5.57. The Kier molecular flexibility index (Phi) is 3.31. The highest BCUT2D eigenvalue weighted by atomic mass is 35.5. The molecule has 1 aliphatic rings. The van der Waals surface area contributed by atoms with Crippen LogP contribution in [0.25, 0.3) is 5.78 Å². The van der Waals surface area contributed by atoms with Gasteiger partial charge in [0.25, 0.3) is 5.78 Å². The maximum atomic E-state index is 6.21. The SMILES string of the molecule is CCCC1CCN(c2c(C)c(Cl)nc3ncnn23)C1. The molecule has 0 aliphatic carbocycles. The van der Waals surface area contributed by atoms with E-state index >= 15 is 0 Å². The van der Waals surface area contributed by atoms with Crippen molar-refractivity contribution in [1.29, 1.82) is 0 Å². The van der Waals surface area contributed by atoms with Gasteiger partial charge in [-0.25, -0.2) is 0 Å². The van der Waals surface area contributed by atoms with E-state index in [0.717, 1.165) is 30.4 Å². The third kappa shape index (κ3) is 2.16. The van der Waals surface area contributed by atoms with Gasteiger partial charge in [-0.05, 0) is 25.7 Å². The molecule has 6 heteroatoms. The van der Waals surface area contributed by atoms with Gasteiger partial charge >= 0.3 is 0 Å². The zero-order valence-corrected chi connectivity index (χ0v) is 12.1. The molecule has 0 bridgehead atoms. The average Bonchev–Trinajstić information content (AvgIpc) is 3.00. The Balaban J connectivity index is 2.00. The van der Waals surface area contributed by atoms with Crippen LogP contribution in [0.5, 0.6) is 0 Å². The lowest BCUT2D eigenvalue weighted by Gasteiger charge is -2.21. The molecule has 1 atom stereocenters. The van der Waals surface area contributed by atoms with Crippen molar-refractivity contribution >= 4 is 23.2 Å². The van der Waals surface area contributed by atoms with Gasteiger partial charge in [-0.1, -0.05) is 24.9 Å². The molecule has 2 aromatic rings. The van der Waals surface area contributed by atoms with E-state index in [-0.39, 0.29) is 0 Å².